The van der Waals surface area contributed by atoms with Crippen molar-refractivity contribution in [2.45, 2.75) is 13.0 Å². The summed E-state index contributed by atoms with van der Waals surface area (Å²) in [6, 6.07) is 3.02. The van der Waals surface area contributed by atoms with E-state index in [4.69, 9.17) is 4.74 Å². The highest BCUT2D eigenvalue weighted by Crippen LogP contribution is 2.26. The first kappa shape index (κ1) is 19.9. The highest BCUT2D eigenvalue weighted by molar-refractivity contribution is 7.20. The Hall–Kier alpha value is -2.85. The zero-order valence-electron chi connectivity index (χ0n) is 15.0. The Morgan fingerprint density at radius 1 is 1.39 bits per heavy atom. The molecular formula is C18H17F2N3O4S. The SMILES string of the molecule is Cc1c(C(=O)NCC(O)COc2ccc(F)c(F)c2)sc2ncn(C)c(=O)c12. The molecule has 0 bridgehead atoms. The average Bonchev–Trinajstić information content (AvgIpc) is 3.01. The van der Waals surface area contributed by atoms with Crippen molar-refractivity contribution < 1.29 is 23.4 Å². The molecule has 0 spiro atoms. The number of rotatable bonds is 6. The Morgan fingerprint density at radius 3 is 2.86 bits per heavy atom. The van der Waals surface area contributed by atoms with Gasteiger partial charge >= 0.3 is 0 Å². The van der Waals surface area contributed by atoms with E-state index in [0.29, 0.717) is 20.7 Å². The van der Waals surface area contributed by atoms with Gasteiger partial charge in [0.2, 0.25) is 0 Å². The Morgan fingerprint density at radius 2 is 2.14 bits per heavy atom. The summed E-state index contributed by atoms with van der Waals surface area (Å²) in [5, 5.41) is 12.9. The molecule has 1 amide bonds. The second-order valence-corrected chi connectivity index (χ2v) is 7.15. The number of thiophene rings is 1. The average molecular weight is 409 g/mol. The van der Waals surface area contributed by atoms with Gasteiger partial charge in [-0.15, -0.1) is 11.3 Å². The number of aromatic nitrogens is 2. The predicted octanol–water partition coefficient (Wildman–Crippen LogP) is 1.75. The van der Waals surface area contributed by atoms with E-state index in [1.54, 1.807) is 14.0 Å². The smallest absolute Gasteiger partial charge is 0.262 e. The number of fused-ring (bicyclic) bond motifs is 1. The standard InChI is InChI=1S/C18H17F2N3O4S/c1-9-14-17(22-8-23(2)18(14)26)28-15(9)16(25)21-6-10(24)7-27-11-3-4-12(19)13(20)5-11/h3-5,8,10,24H,6-7H2,1-2H3,(H,21,25). The van der Waals surface area contributed by atoms with E-state index in [-0.39, 0.29) is 24.5 Å². The summed E-state index contributed by atoms with van der Waals surface area (Å²) in [4.78, 5) is 29.6. The number of aliphatic hydroxyl groups excluding tert-OH is 1. The van der Waals surface area contributed by atoms with E-state index in [0.717, 1.165) is 23.5 Å². The minimum atomic E-state index is -1.07. The molecule has 0 fully saturated rings. The van der Waals surface area contributed by atoms with Gasteiger partial charge in [-0.1, -0.05) is 0 Å². The van der Waals surface area contributed by atoms with Crippen molar-refractivity contribution in [3.8, 4) is 5.75 Å². The normalized spacial score (nSPS) is 12.2. The zero-order valence-corrected chi connectivity index (χ0v) is 15.8. The van der Waals surface area contributed by atoms with Crippen LogP contribution in [-0.2, 0) is 7.05 Å². The molecule has 0 saturated heterocycles. The topological polar surface area (TPSA) is 93.4 Å². The highest BCUT2D eigenvalue weighted by atomic mass is 32.1. The number of ether oxygens (including phenoxy) is 1. The molecule has 2 heterocycles. The fourth-order valence-electron chi connectivity index (χ4n) is 2.53. The van der Waals surface area contributed by atoms with Gasteiger partial charge in [0.15, 0.2) is 11.6 Å². The first-order chi connectivity index (χ1) is 13.3. The number of aliphatic hydroxyl groups is 1. The van der Waals surface area contributed by atoms with Crippen molar-refractivity contribution in [3.63, 3.8) is 0 Å². The van der Waals surface area contributed by atoms with E-state index in [1.165, 1.54) is 17.0 Å². The van der Waals surface area contributed by atoms with Crippen LogP contribution in [0.2, 0.25) is 0 Å². The minimum absolute atomic E-state index is 0.0616. The molecule has 3 aromatic rings. The molecule has 2 N–H and O–H groups in total. The second-order valence-electron chi connectivity index (χ2n) is 6.15. The van der Waals surface area contributed by atoms with Gasteiger partial charge < -0.3 is 19.7 Å². The monoisotopic (exact) mass is 409 g/mol. The molecule has 28 heavy (non-hydrogen) atoms. The molecule has 0 aliphatic carbocycles. The van der Waals surface area contributed by atoms with Crippen molar-refractivity contribution in [3.05, 3.63) is 57.0 Å². The lowest BCUT2D eigenvalue weighted by Crippen LogP contribution is -2.35. The summed E-state index contributed by atoms with van der Waals surface area (Å²) in [6.45, 7) is 1.32. The molecule has 2 aromatic heterocycles. The molecule has 1 atom stereocenters. The van der Waals surface area contributed by atoms with Crippen molar-refractivity contribution in [1.82, 2.24) is 14.9 Å². The lowest BCUT2D eigenvalue weighted by molar-refractivity contribution is 0.0846. The van der Waals surface area contributed by atoms with Gasteiger partial charge in [-0.05, 0) is 24.6 Å². The van der Waals surface area contributed by atoms with Crippen LogP contribution in [0, 0.1) is 18.6 Å². The summed E-state index contributed by atoms with van der Waals surface area (Å²) >= 11 is 1.09. The molecule has 1 aromatic carbocycles. The van der Waals surface area contributed by atoms with Crippen LogP contribution in [0.25, 0.3) is 10.2 Å². The number of carbonyl (C=O) groups is 1. The molecule has 3 rings (SSSR count). The number of nitrogens with zero attached hydrogens (tertiary/aromatic N) is 2. The lowest BCUT2D eigenvalue weighted by Gasteiger charge is -2.13. The van der Waals surface area contributed by atoms with E-state index >= 15 is 0 Å². The largest absolute Gasteiger partial charge is 0.491 e. The number of nitrogens with one attached hydrogen (secondary N) is 1. The van der Waals surface area contributed by atoms with E-state index in [9.17, 15) is 23.5 Å². The van der Waals surface area contributed by atoms with Gasteiger partial charge in [-0.3, -0.25) is 9.59 Å². The summed E-state index contributed by atoms with van der Waals surface area (Å²) in [5.74, 6) is -2.44. The number of aryl methyl sites for hydroxylation is 2. The molecule has 10 heteroatoms. The molecule has 0 aliphatic heterocycles. The number of hydrogen-bond acceptors (Lipinski definition) is 6. The van der Waals surface area contributed by atoms with E-state index < -0.39 is 23.6 Å². The molecule has 0 aliphatic rings. The Balaban J connectivity index is 1.61. The lowest BCUT2D eigenvalue weighted by atomic mass is 10.2. The summed E-state index contributed by atoms with van der Waals surface area (Å²) in [6.07, 6.45) is 0.319. The van der Waals surface area contributed by atoms with Crippen LogP contribution >= 0.6 is 11.3 Å². The van der Waals surface area contributed by atoms with Crippen LogP contribution in [0.1, 0.15) is 15.2 Å². The van der Waals surface area contributed by atoms with Crippen LogP contribution in [0.15, 0.2) is 29.3 Å². The third-order valence-corrected chi connectivity index (χ3v) is 5.25. The molecule has 1 unspecified atom stereocenters. The van der Waals surface area contributed by atoms with Gasteiger partial charge in [-0.2, -0.15) is 0 Å². The van der Waals surface area contributed by atoms with Crippen molar-refractivity contribution in [1.29, 1.82) is 0 Å². The molecule has 0 radical (unpaired) electrons. The third-order valence-electron chi connectivity index (χ3n) is 4.05. The molecular weight excluding hydrogens is 392 g/mol. The number of amides is 1. The number of halogens is 2. The minimum Gasteiger partial charge on any atom is -0.491 e. The Kier molecular flexibility index (Phi) is 5.71. The maximum Gasteiger partial charge on any atom is 0.262 e. The zero-order chi connectivity index (χ0) is 20.4. The molecule has 0 saturated carbocycles. The fraction of sp³-hybridized carbons (Fsp3) is 0.278. The number of carbonyl (C=O) groups excluding carboxylic acids is 1. The second kappa shape index (κ2) is 8.03. The van der Waals surface area contributed by atoms with Crippen LogP contribution in [0.3, 0.4) is 0 Å². The third kappa shape index (κ3) is 4.02. The molecule has 148 valence electrons. The van der Waals surface area contributed by atoms with Crippen molar-refractivity contribution >= 4 is 27.5 Å². The van der Waals surface area contributed by atoms with Gasteiger partial charge in [0.05, 0.1) is 16.6 Å². The highest BCUT2D eigenvalue weighted by Gasteiger charge is 2.19. The number of benzene rings is 1. The van der Waals surface area contributed by atoms with Crippen molar-refractivity contribution in [2.24, 2.45) is 7.05 Å². The maximum absolute atomic E-state index is 13.1. The summed E-state index contributed by atoms with van der Waals surface area (Å²) < 4.78 is 32.5. The van der Waals surface area contributed by atoms with E-state index in [2.05, 4.69) is 10.3 Å². The van der Waals surface area contributed by atoms with Crippen LogP contribution in [0.5, 0.6) is 5.75 Å². The maximum atomic E-state index is 13.1. The van der Waals surface area contributed by atoms with Gasteiger partial charge in [-0.25, -0.2) is 13.8 Å². The Bertz CT molecular complexity index is 1100. The summed E-state index contributed by atoms with van der Waals surface area (Å²) in [7, 11) is 1.58. The van der Waals surface area contributed by atoms with Crippen molar-refractivity contribution in [2.75, 3.05) is 13.2 Å². The van der Waals surface area contributed by atoms with Gasteiger partial charge in [0.25, 0.3) is 11.5 Å². The summed E-state index contributed by atoms with van der Waals surface area (Å²) in [5.41, 5.74) is 0.288. The Labute approximate surface area is 162 Å². The first-order valence-electron chi connectivity index (χ1n) is 8.26. The van der Waals surface area contributed by atoms with Gasteiger partial charge in [0.1, 0.15) is 23.3 Å². The van der Waals surface area contributed by atoms with E-state index in [1.807, 2.05) is 0 Å². The van der Waals surface area contributed by atoms with Gasteiger partial charge in [0, 0.05) is 19.7 Å². The van der Waals surface area contributed by atoms with Crippen LogP contribution in [-0.4, -0.2) is 39.8 Å². The predicted molar refractivity (Wildman–Crippen MR) is 99.8 cm³/mol. The quantitative estimate of drug-likeness (QED) is 0.647. The van der Waals surface area contributed by atoms with Crippen LogP contribution in [0.4, 0.5) is 8.78 Å². The fourth-order valence-corrected chi connectivity index (χ4v) is 3.59. The number of hydrogen-bond donors (Lipinski definition) is 2. The molecule has 7 nitrogen and oxygen atoms in total. The van der Waals surface area contributed by atoms with Crippen LogP contribution < -0.4 is 15.6 Å². The first-order valence-corrected chi connectivity index (χ1v) is 9.08.